The number of amides is 1. The lowest BCUT2D eigenvalue weighted by Gasteiger charge is -2.36. The van der Waals surface area contributed by atoms with Gasteiger partial charge in [-0.25, -0.2) is 0 Å². The highest BCUT2D eigenvalue weighted by Gasteiger charge is 2.75. The molecule has 6 heteroatoms. The van der Waals surface area contributed by atoms with Crippen LogP contribution in [0.1, 0.15) is 33.6 Å². The minimum absolute atomic E-state index is 0.224. The number of ether oxygens (including phenoxy) is 2. The van der Waals surface area contributed by atoms with Crippen molar-refractivity contribution in [3.63, 3.8) is 0 Å². The summed E-state index contributed by atoms with van der Waals surface area (Å²) in [6.45, 7) is 8.79. The Labute approximate surface area is 153 Å². The maximum Gasteiger partial charge on any atom is 0.313 e. The molecular weight excluding hydrogens is 332 g/mol. The Hall–Kier alpha value is -2.08. The monoisotopic (exact) mass is 358 g/mol. The summed E-state index contributed by atoms with van der Waals surface area (Å²) in [5, 5.41) is 3.06. The van der Waals surface area contributed by atoms with Gasteiger partial charge >= 0.3 is 5.97 Å². The fourth-order valence-corrected chi connectivity index (χ4v) is 4.63. The van der Waals surface area contributed by atoms with Gasteiger partial charge in [0.05, 0.1) is 30.0 Å². The van der Waals surface area contributed by atoms with Crippen LogP contribution in [0.25, 0.3) is 0 Å². The minimum atomic E-state index is -1.10. The van der Waals surface area contributed by atoms with Crippen molar-refractivity contribution in [2.24, 2.45) is 10.8 Å². The van der Waals surface area contributed by atoms with Crippen LogP contribution in [0.3, 0.4) is 0 Å². The van der Waals surface area contributed by atoms with Gasteiger partial charge in [-0.2, -0.15) is 0 Å². The number of hydrogen-bond acceptors (Lipinski definition) is 5. The van der Waals surface area contributed by atoms with E-state index in [2.05, 4.69) is 10.2 Å². The van der Waals surface area contributed by atoms with Crippen molar-refractivity contribution in [1.29, 1.82) is 0 Å². The first-order chi connectivity index (χ1) is 12.3. The van der Waals surface area contributed by atoms with Crippen LogP contribution in [0.5, 0.6) is 0 Å². The van der Waals surface area contributed by atoms with Crippen molar-refractivity contribution in [2.75, 3.05) is 36.5 Å². The third-order valence-corrected chi connectivity index (χ3v) is 6.95. The van der Waals surface area contributed by atoms with Crippen LogP contribution in [-0.4, -0.2) is 43.8 Å². The molecule has 1 aliphatic carbocycles. The molecule has 140 valence electrons. The molecule has 3 aliphatic rings. The van der Waals surface area contributed by atoms with E-state index in [-0.39, 0.29) is 11.9 Å². The smallest absolute Gasteiger partial charge is 0.313 e. The van der Waals surface area contributed by atoms with E-state index >= 15 is 0 Å². The number of fused-ring (bicyclic) bond motifs is 2. The maximum atomic E-state index is 13.3. The fraction of sp³-hybridized carbons (Fsp3) is 0.600. The van der Waals surface area contributed by atoms with Crippen LogP contribution in [0.15, 0.2) is 24.3 Å². The van der Waals surface area contributed by atoms with Crippen LogP contribution < -0.4 is 10.2 Å². The molecule has 2 atom stereocenters. The fourth-order valence-electron chi connectivity index (χ4n) is 4.63. The third-order valence-electron chi connectivity index (χ3n) is 6.95. The highest BCUT2D eigenvalue weighted by atomic mass is 16.6. The molecule has 2 bridgehead atoms. The molecule has 1 aromatic rings. The Bertz CT molecular complexity index is 756. The zero-order valence-electron chi connectivity index (χ0n) is 15.6. The number of hydrogen-bond donors (Lipinski definition) is 1. The number of nitrogens with zero attached hydrogens (tertiary/aromatic N) is 1. The zero-order chi connectivity index (χ0) is 18.6. The predicted octanol–water partition coefficient (Wildman–Crippen LogP) is 2.58. The van der Waals surface area contributed by atoms with Gasteiger partial charge in [0, 0.05) is 18.5 Å². The van der Waals surface area contributed by atoms with E-state index in [1.807, 2.05) is 45.0 Å². The molecule has 3 fully saturated rings. The first-order valence-corrected chi connectivity index (χ1v) is 9.28. The average Bonchev–Trinajstić information content (AvgIpc) is 2.93. The molecule has 2 saturated heterocycles. The van der Waals surface area contributed by atoms with Gasteiger partial charge in [-0.15, -0.1) is 0 Å². The Kier molecular flexibility index (Phi) is 3.81. The predicted molar refractivity (Wildman–Crippen MR) is 98.0 cm³/mol. The number of morpholine rings is 1. The Morgan fingerprint density at radius 2 is 1.81 bits per heavy atom. The number of benzene rings is 1. The molecule has 0 spiro atoms. The topological polar surface area (TPSA) is 67.9 Å². The van der Waals surface area contributed by atoms with Gasteiger partial charge < -0.3 is 19.7 Å². The quantitative estimate of drug-likeness (QED) is 0.841. The van der Waals surface area contributed by atoms with Crippen molar-refractivity contribution in [2.45, 2.75) is 39.2 Å². The second-order valence-electron chi connectivity index (χ2n) is 8.24. The van der Waals surface area contributed by atoms with Crippen molar-refractivity contribution in [3.05, 3.63) is 24.3 Å². The molecule has 6 nitrogen and oxygen atoms in total. The molecule has 2 unspecified atom stereocenters. The van der Waals surface area contributed by atoms with Crippen LogP contribution >= 0.6 is 0 Å². The van der Waals surface area contributed by atoms with E-state index in [0.29, 0.717) is 26.1 Å². The highest BCUT2D eigenvalue weighted by molar-refractivity contribution is 6.04. The van der Waals surface area contributed by atoms with E-state index in [1.54, 1.807) is 0 Å². The van der Waals surface area contributed by atoms with E-state index in [1.165, 1.54) is 0 Å². The summed E-state index contributed by atoms with van der Waals surface area (Å²) in [4.78, 5) is 27.9. The first kappa shape index (κ1) is 17.3. The van der Waals surface area contributed by atoms with Crippen molar-refractivity contribution in [1.82, 2.24) is 0 Å². The number of carbonyl (C=O) groups excluding carboxylic acids is 2. The molecule has 26 heavy (non-hydrogen) atoms. The standard InChI is InChI=1S/C20H26N2O4/c1-18(2)19(3)8-9-20(18,26-17(19)24)16(23)21-14-6-4-5-7-15(14)22-10-12-25-13-11-22/h4-7H,8-13H2,1-3H3,(H,21,23). The molecule has 2 heterocycles. The van der Waals surface area contributed by atoms with Gasteiger partial charge in [0.15, 0.2) is 5.60 Å². The highest BCUT2D eigenvalue weighted by Crippen LogP contribution is 2.65. The van der Waals surface area contributed by atoms with Crippen LogP contribution in [0.4, 0.5) is 11.4 Å². The summed E-state index contributed by atoms with van der Waals surface area (Å²) >= 11 is 0. The number of rotatable bonds is 3. The molecule has 4 rings (SSSR count). The van der Waals surface area contributed by atoms with Gasteiger partial charge in [-0.05, 0) is 31.9 Å². The molecule has 2 aliphatic heterocycles. The Morgan fingerprint density at radius 1 is 1.12 bits per heavy atom. The van der Waals surface area contributed by atoms with E-state index in [4.69, 9.17) is 9.47 Å². The van der Waals surface area contributed by atoms with Gasteiger partial charge in [0.25, 0.3) is 5.91 Å². The minimum Gasteiger partial charge on any atom is -0.448 e. The SMILES string of the molecule is CC12CCC(C(=O)Nc3ccccc3N3CCOCC3)(OC1=O)C2(C)C. The largest absolute Gasteiger partial charge is 0.448 e. The van der Waals surface area contributed by atoms with Crippen LogP contribution in [-0.2, 0) is 19.1 Å². The molecule has 1 N–H and O–H groups in total. The lowest BCUT2D eigenvalue weighted by atomic mass is 9.66. The van der Waals surface area contributed by atoms with Gasteiger partial charge in [-0.3, -0.25) is 9.59 Å². The summed E-state index contributed by atoms with van der Waals surface area (Å²) in [5.74, 6) is -0.483. The third kappa shape index (κ3) is 2.14. The molecule has 1 aromatic carbocycles. The maximum absolute atomic E-state index is 13.3. The molecule has 0 aromatic heterocycles. The van der Waals surface area contributed by atoms with Gasteiger partial charge in [0.2, 0.25) is 0 Å². The van der Waals surface area contributed by atoms with Gasteiger partial charge in [0.1, 0.15) is 0 Å². The number of anilines is 2. The second-order valence-corrected chi connectivity index (χ2v) is 8.24. The molecule has 0 radical (unpaired) electrons. The summed E-state index contributed by atoms with van der Waals surface area (Å²) in [5.41, 5.74) is -0.523. The summed E-state index contributed by atoms with van der Waals surface area (Å²) in [7, 11) is 0. The summed E-state index contributed by atoms with van der Waals surface area (Å²) in [6.07, 6.45) is 1.24. The average molecular weight is 358 g/mol. The normalized spacial score (nSPS) is 32.4. The van der Waals surface area contributed by atoms with Crippen molar-refractivity contribution >= 4 is 23.3 Å². The number of carbonyl (C=O) groups is 2. The Balaban J connectivity index is 1.63. The van der Waals surface area contributed by atoms with Crippen LogP contribution in [0.2, 0.25) is 0 Å². The summed E-state index contributed by atoms with van der Waals surface area (Å²) in [6, 6.07) is 7.77. The van der Waals surface area contributed by atoms with Gasteiger partial charge in [-0.1, -0.05) is 26.0 Å². The number of para-hydroxylation sites is 2. The summed E-state index contributed by atoms with van der Waals surface area (Å²) < 4.78 is 11.1. The van der Waals surface area contributed by atoms with E-state index in [9.17, 15) is 9.59 Å². The first-order valence-electron chi connectivity index (χ1n) is 9.28. The lowest BCUT2D eigenvalue weighted by Crippen LogP contribution is -2.51. The lowest BCUT2D eigenvalue weighted by molar-refractivity contribution is -0.165. The molecule has 1 saturated carbocycles. The van der Waals surface area contributed by atoms with E-state index in [0.717, 1.165) is 24.5 Å². The van der Waals surface area contributed by atoms with Crippen molar-refractivity contribution in [3.8, 4) is 0 Å². The number of nitrogens with one attached hydrogen (secondary N) is 1. The molecular formula is C20H26N2O4. The van der Waals surface area contributed by atoms with E-state index < -0.39 is 16.4 Å². The van der Waals surface area contributed by atoms with Crippen molar-refractivity contribution < 1.29 is 19.1 Å². The molecule has 1 amide bonds. The zero-order valence-corrected chi connectivity index (χ0v) is 15.6. The van der Waals surface area contributed by atoms with Crippen LogP contribution in [0, 0.1) is 10.8 Å². The Morgan fingerprint density at radius 3 is 2.42 bits per heavy atom. The number of esters is 1. The second kappa shape index (κ2) is 5.71.